The summed E-state index contributed by atoms with van der Waals surface area (Å²) in [5.41, 5.74) is 2.09. The molecule has 0 radical (unpaired) electrons. The summed E-state index contributed by atoms with van der Waals surface area (Å²) in [6.07, 6.45) is 1.07. The summed E-state index contributed by atoms with van der Waals surface area (Å²) in [6, 6.07) is 6.14. The molecule has 0 spiro atoms. The van der Waals surface area contributed by atoms with Crippen LogP contribution in [0.25, 0.3) is 0 Å². The molecule has 0 aliphatic heterocycles. The Labute approximate surface area is 105 Å². The molecule has 2 nitrogen and oxygen atoms in total. The zero-order valence-electron chi connectivity index (χ0n) is 9.80. The first-order valence-corrected chi connectivity index (χ1v) is 6.26. The van der Waals surface area contributed by atoms with Gasteiger partial charge in [0.05, 0.1) is 5.56 Å². The number of carbonyl (C=O) groups excluding carboxylic acids is 1. The van der Waals surface area contributed by atoms with Crippen molar-refractivity contribution in [2.45, 2.75) is 33.2 Å². The molecule has 86 valence electrons. The van der Waals surface area contributed by atoms with Gasteiger partial charge >= 0.3 is 0 Å². The van der Waals surface area contributed by atoms with Crippen LogP contribution < -0.4 is 5.32 Å². The summed E-state index contributed by atoms with van der Waals surface area (Å²) in [7, 11) is 0. The van der Waals surface area contributed by atoms with E-state index in [0.717, 1.165) is 22.0 Å². The molecular formula is C13H16BrNO. The monoisotopic (exact) mass is 281 g/mol. The van der Waals surface area contributed by atoms with Crippen molar-refractivity contribution < 1.29 is 4.79 Å². The Morgan fingerprint density at radius 3 is 2.69 bits per heavy atom. The quantitative estimate of drug-likeness (QED) is 0.886. The van der Waals surface area contributed by atoms with Crippen LogP contribution in [0.3, 0.4) is 0 Å². The summed E-state index contributed by atoms with van der Waals surface area (Å²) in [4.78, 5) is 12.0. The molecule has 1 amide bonds. The van der Waals surface area contributed by atoms with Crippen molar-refractivity contribution in [3.8, 4) is 0 Å². The Bertz CT molecular complexity index is 440. The SMILES string of the molecule is Cc1ccc(Br)c(C(=O)NC2CC2(C)C)c1. The topological polar surface area (TPSA) is 29.1 Å². The van der Waals surface area contributed by atoms with Crippen molar-refractivity contribution >= 4 is 21.8 Å². The number of hydrogen-bond donors (Lipinski definition) is 1. The van der Waals surface area contributed by atoms with Crippen molar-refractivity contribution in [3.05, 3.63) is 33.8 Å². The summed E-state index contributed by atoms with van der Waals surface area (Å²) < 4.78 is 0.856. The highest BCUT2D eigenvalue weighted by molar-refractivity contribution is 9.10. The van der Waals surface area contributed by atoms with Crippen LogP contribution in [-0.4, -0.2) is 11.9 Å². The van der Waals surface area contributed by atoms with E-state index >= 15 is 0 Å². The van der Waals surface area contributed by atoms with Gasteiger partial charge in [-0.2, -0.15) is 0 Å². The van der Waals surface area contributed by atoms with Gasteiger partial charge in [0.15, 0.2) is 0 Å². The normalized spacial score (nSPS) is 21.6. The molecule has 0 bridgehead atoms. The second-order valence-electron chi connectivity index (χ2n) is 5.20. The van der Waals surface area contributed by atoms with Gasteiger partial charge in [-0.05, 0) is 46.8 Å². The van der Waals surface area contributed by atoms with Gasteiger partial charge in [0.25, 0.3) is 5.91 Å². The minimum absolute atomic E-state index is 0.0196. The van der Waals surface area contributed by atoms with Crippen molar-refractivity contribution in [1.29, 1.82) is 0 Å². The van der Waals surface area contributed by atoms with Gasteiger partial charge in [0.1, 0.15) is 0 Å². The lowest BCUT2D eigenvalue weighted by Crippen LogP contribution is -2.28. The molecule has 1 N–H and O–H groups in total. The third kappa shape index (κ3) is 2.29. The fourth-order valence-electron chi connectivity index (χ4n) is 1.76. The van der Waals surface area contributed by atoms with E-state index in [1.807, 2.05) is 25.1 Å². The largest absolute Gasteiger partial charge is 0.349 e. The smallest absolute Gasteiger partial charge is 0.252 e. The predicted molar refractivity (Wildman–Crippen MR) is 68.5 cm³/mol. The molecule has 1 aromatic rings. The highest BCUT2D eigenvalue weighted by Crippen LogP contribution is 2.44. The number of aryl methyl sites for hydroxylation is 1. The Morgan fingerprint density at radius 2 is 2.12 bits per heavy atom. The Hall–Kier alpha value is -0.830. The molecule has 2 rings (SSSR count). The maximum absolute atomic E-state index is 12.0. The zero-order valence-corrected chi connectivity index (χ0v) is 11.4. The zero-order chi connectivity index (χ0) is 11.9. The van der Waals surface area contributed by atoms with E-state index in [-0.39, 0.29) is 11.3 Å². The van der Waals surface area contributed by atoms with E-state index in [9.17, 15) is 4.79 Å². The summed E-state index contributed by atoms with van der Waals surface area (Å²) in [5, 5.41) is 3.06. The molecule has 1 aromatic carbocycles. The Balaban J connectivity index is 2.12. The highest BCUT2D eigenvalue weighted by atomic mass is 79.9. The average Bonchev–Trinajstić information content (AvgIpc) is 2.77. The third-order valence-electron chi connectivity index (χ3n) is 3.19. The number of nitrogens with one attached hydrogen (secondary N) is 1. The molecule has 0 saturated heterocycles. The van der Waals surface area contributed by atoms with Crippen LogP contribution in [0.4, 0.5) is 0 Å². The third-order valence-corrected chi connectivity index (χ3v) is 3.88. The maximum Gasteiger partial charge on any atom is 0.252 e. The van der Waals surface area contributed by atoms with Crippen LogP contribution in [0.5, 0.6) is 0 Å². The molecular weight excluding hydrogens is 266 g/mol. The molecule has 1 saturated carbocycles. The minimum Gasteiger partial charge on any atom is -0.349 e. The number of amides is 1. The van der Waals surface area contributed by atoms with E-state index in [1.54, 1.807) is 0 Å². The summed E-state index contributed by atoms with van der Waals surface area (Å²) in [6.45, 7) is 6.33. The number of carbonyl (C=O) groups is 1. The maximum atomic E-state index is 12.0. The first-order chi connectivity index (χ1) is 7.40. The Kier molecular flexibility index (Phi) is 2.82. The number of benzene rings is 1. The lowest BCUT2D eigenvalue weighted by Gasteiger charge is -2.09. The van der Waals surface area contributed by atoms with Crippen LogP contribution in [0.15, 0.2) is 22.7 Å². The number of rotatable bonds is 2. The summed E-state index contributed by atoms with van der Waals surface area (Å²) in [5.74, 6) is 0.0196. The van der Waals surface area contributed by atoms with Gasteiger partial charge in [-0.15, -0.1) is 0 Å². The van der Waals surface area contributed by atoms with Crippen LogP contribution in [0, 0.1) is 12.3 Å². The second kappa shape index (κ2) is 3.88. The molecule has 1 fully saturated rings. The molecule has 0 aromatic heterocycles. The first kappa shape index (κ1) is 11.6. The molecule has 3 heteroatoms. The average molecular weight is 282 g/mol. The van der Waals surface area contributed by atoms with Gasteiger partial charge in [0.2, 0.25) is 0 Å². The van der Waals surface area contributed by atoms with Gasteiger partial charge in [-0.1, -0.05) is 25.5 Å². The fraction of sp³-hybridized carbons (Fsp3) is 0.462. The highest BCUT2D eigenvalue weighted by Gasteiger charge is 2.46. The lowest BCUT2D eigenvalue weighted by atomic mass is 10.1. The number of halogens is 1. The molecule has 0 heterocycles. The molecule has 1 aliphatic rings. The Morgan fingerprint density at radius 1 is 1.50 bits per heavy atom. The molecule has 1 unspecified atom stereocenters. The van der Waals surface area contributed by atoms with Gasteiger partial charge < -0.3 is 5.32 Å². The van der Waals surface area contributed by atoms with E-state index in [1.165, 1.54) is 0 Å². The van der Waals surface area contributed by atoms with E-state index in [4.69, 9.17) is 0 Å². The van der Waals surface area contributed by atoms with Gasteiger partial charge in [-0.25, -0.2) is 0 Å². The van der Waals surface area contributed by atoms with E-state index in [0.29, 0.717) is 6.04 Å². The van der Waals surface area contributed by atoms with Gasteiger partial charge in [0, 0.05) is 10.5 Å². The molecule has 1 aliphatic carbocycles. The lowest BCUT2D eigenvalue weighted by molar-refractivity contribution is 0.0945. The second-order valence-corrected chi connectivity index (χ2v) is 6.06. The van der Waals surface area contributed by atoms with E-state index in [2.05, 4.69) is 35.1 Å². The van der Waals surface area contributed by atoms with Crippen LogP contribution in [-0.2, 0) is 0 Å². The van der Waals surface area contributed by atoms with Crippen molar-refractivity contribution in [1.82, 2.24) is 5.32 Å². The fourth-order valence-corrected chi connectivity index (χ4v) is 2.19. The van der Waals surface area contributed by atoms with Gasteiger partial charge in [-0.3, -0.25) is 4.79 Å². The van der Waals surface area contributed by atoms with Crippen molar-refractivity contribution in [2.24, 2.45) is 5.41 Å². The molecule has 1 atom stereocenters. The van der Waals surface area contributed by atoms with Crippen LogP contribution in [0.1, 0.15) is 36.2 Å². The van der Waals surface area contributed by atoms with Crippen LogP contribution >= 0.6 is 15.9 Å². The standard InChI is InChI=1S/C13H16BrNO/c1-8-4-5-10(14)9(6-8)12(16)15-11-7-13(11,2)3/h4-6,11H,7H2,1-3H3,(H,15,16). The van der Waals surface area contributed by atoms with Crippen LogP contribution in [0.2, 0.25) is 0 Å². The first-order valence-electron chi connectivity index (χ1n) is 5.47. The molecule has 16 heavy (non-hydrogen) atoms. The predicted octanol–water partition coefficient (Wildman–Crippen LogP) is 3.29. The minimum atomic E-state index is 0.0196. The van der Waals surface area contributed by atoms with Crippen molar-refractivity contribution in [3.63, 3.8) is 0 Å². The van der Waals surface area contributed by atoms with E-state index < -0.39 is 0 Å². The van der Waals surface area contributed by atoms with Crippen molar-refractivity contribution in [2.75, 3.05) is 0 Å². The summed E-state index contributed by atoms with van der Waals surface area (Å²) >= 11 is 3.41. The number of hydrogen-bond acceptors (Lipinski definition) is 1.